The van der Waals surface area contributed by atoms with Gasteiger partial charge in [-0.25, -0.2) is 24.9 Å². The molecule has 5 nitrogen and oxygen atoms in total. The maximum Gasteiger partial charge on any atom is 0.164 e. The number of rotatable bonds is 8. The minimum Gasteiger partial charge on any atom is -0.228 e. The lowest BCUT2D eigenvalue weighted by Gasteiger charge is -2.27. The van der Waals surface area contributed by atoms with Crippen molar-refractivity contribution >= 4 is 10.8 Å². The molecule has 0 amide bonds. The SMILES string of the molecule is c1ccc(-c2nc(-c3ccc(C45CCC(CC4)C5)cc3)cc(-c3cc(-c4cccc(-c5nc(-c6ccccc6)nc(-c6ccccc6)n5)c4)cc4ccccc34)n2)cc1. The third-order valence-electron chi connectivity index (χ3n) is 12.6. The smallest absolute Gasteiger partial charge is 0.164 e. The molecule has 0 radical (unpaired) electrons. The van der Waals surface area contributed by atoms with E-state index < -0.39 is 0 Å². The zero-order valence-corrected chi connectivity index (χ0v) is 32.7. The van der Waals surface area contributed by atoms with Gasteiger partial charge in [0.15, 0.2) is 23.3 Å². The molecule has 2 aliphatic rings. The minimum atomic E-state index is 0.365. The second kappa shape index (κ2) is 14.7. The van der Waals surface area contributed by atoms with E-state index >= 15 is 0 Å². The van der Waals surface area contributed by atoms with Gasteiger partial charge in [0.1, 0.15) is 0 Å². The summed E-state index contributed by atoms with van der Waals surface area (Å²) in [5.74, 6) is 3.53. The summed E-state index contributed by atoms with van der Waals surface area (Å²) in [6, 6.07) is 63.7. The van der Waals surface area contributed by atoms with Crippen LogP contribution in [0.15, 0.2) is 182 Å². The number of aromatic nitrogens is 5. The van der Waals surface area contributed by atoms with Gasteiger partial charge in [0.25, 0.3) is 0 Å². The van der Waals surface area contributed by atoms with E-state index in [9.17, 15) is 0 Å². The van der Waals surface area contributed by atoms with Crippen molar-refractivity contribution in [3.63, 3.8) is 0 Å². The molecule has 11 rings (SSSR count). The van der Waals surface area contributed by atoms with Gasteiger partial charge in [-0.05, 0) is 95.2 Å². The van der Waals surface area contributed by atoms with Crippen LogP contribution in [-0.4, -0.2) is 24.9 Å². The van der Waals surface area contributed by atoms with E-state index in [0.29, 0.717) is 28.7 Å². The Balaban J connectivity index is 1.03. The Bertz CT molecular complexity index is 2900. The van der Waals surface area contributed by atoms with Crippen LogP contribution < -0.4 is 0 Å². The largest absolute Gasteiger partial charge is 0.228 e. The molecule has 2 heterocycles. The first kappa shape index (κ1) is 35.1. The van der Waals surface area contributed by atoms with Crippen LogP contribution in [0.4, 0.5) is 0 Å². The van der Waals surface area contributed by atoms with Crippen molar-refractivity contribution in [3.8, 4) is 79.2 Å². The van der Waals surface area contributed by atoms with E-state index in [-0.39, 0.29) is 0 Å². The fourth-order valence-corrected chi connectivity index (χ4v) is 9.51. The van der Waals surface area contributed by atoms with Crippen LogP contribution in [0, 0.1) is 5.92 Å². The molecule has 2 fully saturated rings. The standard InChI is InChI=1S/C54H41N5/c1-4-13-38(14-5-1)50-55-48(37-23-25-45(26-24-37)54-29-27-36(35-54)28-30-54)34-49(56-50)47-33-44(32-42-19-10-11-22-46(42)47)41-20-12-21-43(31-41)53-58-51(39-15-6-2-7-16-39)57-52(59-53)40-17-8-3-9-18-40/h1-26,31-34,36H,27-30,35H2. The first-order valence-corrected chi connectivity index (χ1v) is 20.7. The summed E-state index contributed by atoms with van der Waals surface area (Å²) in [7, 11) is 0. The van der Waals surface area contributed by atoms with Crippen molar-refractivity contribution in [2.24, 2.45) is 5.92 Å². The second-order valence-electron chi connectivity index (χ2n) is 16.2. The Kier molecular flexibility index (Phi) is 8.73. The van der Waals surface area contributed by atoms with Gasteiger partial charge in [-0.3, -0.25) is 0 Å². The molecule has 0 N–H and O–H groups in total. The molecule has 2 aromatic heterocycles. The molecule has 0 aliphatic heterocycles. The van der Waals surface area contributed by atoms with Gasteiger partial charge < -0.3 is 0 Å². The summed E-state index contributed by atoms with van der Waals surface area (Å²) >= 11 is 0. The summed E-state index contributed by atoms with van der Waals surface area (Å²) < 4.78 is 0. The fourth-order valence-electron chi connectivity index (χ4n) is 9.51. The molecular weight excluding hydrogens is 719 g/mol. The number of hydrogen-bond acceptors (Lipinski definition) is 5. The molecule has 5 heteroatoms. The number of hydrogen-bond donors (Lipinski definition) is 0. The zero-order valence-electron chi connectivity index (χ0n) is 32.7. The van der Waals surface area contributed by atoms with Gasteiger partial charge >= 0.3 is 0 Å². The summed E-state index contributed by atoms with van der Waals surface area (Å²) in [5, 5.41) is 2.28. The average molecular weight is 760 g/mol. The zero-order chi connectivity index (χ0) is 39.2. The van der Waals surface area contributed by atoms with E-state index in [1.807, 2.05) is 66.7 Å². The van der Waals surface area contributed by atoms with Crippen LogP contribution in [-0.2, 0) is 5.41 Å². The Labute approximate surface area is 344 Å². The van der Waals surface area contributed by atoms with Crippen LogP contribution in [0.25, 0.3) is 90.0 Å². The molecule has 59 heavy (non-hydrogen) atoms. The summed E-state index contributed by atoms with van der Waals surface area (Å²) in [5.41, 5.74) is 11.8. The summed E-state index contributed by atoms with van der Waals surface area (Å²) in [6.45, 7) is 0. The third-order valence-corrected chi connectivity index (χ3v) is 12.6. The van der Waals surface area contributed by atoms with E-state index in [0.717, 1.165) is 72.6 Å². The molecule has 0 saturated heterocycles. The molecule has 2 aliphatic carbocycles. The van der Waals surface area contributed by atoms with Crippen LogP contribution in [0.1, 0.15) is 37.7 Å². The first-order chi connectivity index (χ1) is 29.1. The van der Waals surface area contributed by atoms with Crippen molar-refractivity contribution in [3.05, 3.63) is 188 Å². The molecule has 2 saturated carbocycles. The van der Waals surface area contributed by atoms with Gasteiger partial charge in [-0.1, -0.05) is 158 Å². The fraction of sp³-hybridized carbons (Fsp3) is 0.130. The van der Waals surface area contributed by atoms with Crippen molar-refractivity contribution in [1.29, 1.82) is 0 Å². The Morgan fingerprint density at radius 2 is 0.898 bits per heavy atom. The normalized spacial score (nSPS) is 17.1. The monoisotopic (exact) mass is 759 g/mol. The molecule has 282 valence electrons. The quantitative estimate of drug-likeness (QED) is 0.154. The highest BCUT2D eigenvalue weighted by Crippen LogP contribution is 2.55. The average Bonchev–Trinajstić information content (AvgIpc) is 3.95. The minimum absolute atomic E-state index is 0.365. The number of nitrogens with zero attached hydrogens (tertiary/aromatic N) is 5. The van der Waals surface area contributed by atoms with Crippen molar-refractivity contribution in [2.75, 3.05) is 0 Å². The van der Waals surface area contributed by atoms with Crippen LogP contribution in [0.3, 0.4) is 0 Å². The van der Waals surface area contributed by atoms with Gasteiger partial charge in [0.2, 0.25) is 0 Å². The number of benzene rings is 7. The first-order valence-electron chi connectivity index (χ1n) is 20.7. The highest BCUT2D eigenvalue weighted by Gasteiger charge is 2.45. The summed E-state index contributed by atoms with van der Waals surface area (Å²) in [6.07, 6.45) is 6.72. The van der Waals surface area contributed by atoms with E-state index in [1.165, 1.54) is 37.7 Å². The van der Waals surface area contributed by atoms with E-state index in [1.54, 1.807) is 0 Å². The van der Waals surface area contributed by atoms with Gasteiger partial charge in [0.05, 0.1) is 11.4 Å². The maximum atomic E-state index is 5.30. The molecule has 0 atom stereocenters. The number of fused-ring (bicyclic) bond motifs is 3. The third kappa shape index (κ3) is 6.69. The van der Waals surface area contributed by atoms with Crippen molar-refractivity contribution in [1.82, 2.24) is 24.9 Å². The molecule has 7 aromatic carbocycles. The predicted octanol–water partition coefficient (Wildman–Crippen LogP) is 13.3. The Hall–Kier alpha value is -7.11. The molecular formula is C54H41N5. The lowest BCUT2D eigenvalue weighted by molar-refractivity contribution is 0.419. The lowest BCUT2D eigenvalue weighted by Crippen LogP contribution is -2.19. The van der Waals surface area contributed by atoms with E-state index in [4.69, 9.17) is 24.9 Å². The van der Waals surface area contributed by atoms with Crippen LogP contribution in [0.2, 0.25) is 0 Å². The van der Waals surface area contributed by atoms with Gasteiger partial charge in [0, 0.05) is 33.4 Å². The van der Waals surface area contributed by atoms with Gasteiger partial charge in [-0.2, -0.15) is 0 Å². The highest BCUT2D eigenvalue weighted by atomic mass is 15.0. The van der Waals surface area contributed by atoms with E-state index in [2.05, 4.69) is 115 Å². The Morgan fingerprint density at radius 3 is 1.51 bits per heavy atom. The molecule has 0 unspecified atom stereocenters. The second-order valence-corrected chi connectivity index (χ2v) is 16.2. The topological polar surface area (TPSA) is 64.5 Å². The van der Waals surface area contributed by atoms with Crippen molar-refractivity contribution < 1.29 is 0 Å². The lowest BCUT2D eigenvalue weighted by atomic mass is 9.77. The summed E-state index contributed by atoms with van der Waals surface area (Å²) in [4.78, 5) is 25.5. The molecule has 9 aromatic rings. The van der Waals surface area contributed by atoms with Crippen LogP contribution >= 0.6 is 0 Å². The Morgan fingerprint density at radius 1 is 0.373 bits per heavy atom. The van der Waals surface area contributed by atoms with Crippen molar-refractivity contribution in [2.45, 2.75) is 37.5 Å². The maximum absolute atomic E-state index is 5.30. The molecule has 0 spiro atoms. The molecule has 2 bridgehead atoms. The highest BCUT2D eigenvalue weighted by molar-refractivity contribution is 6.00. The van der Waals surface area contributed by atoms with Crippen LogP contribution in [0.5, 0.6) is 0 Å². The van der Waals surface area contributed by atoms with Gasteiger partial charge in [-0.15, -0.1) is 0 Å². The predicted molar refractivity (Wildman–Crippen MR) is 239 cm³/mol.